The van der Waals surface area contributed by atoms with Gasteiger partial charge in [0.05, 0.1) is 26.7 Å². The lowest BCUT2D eigenvalue weighted by molar-refractivity contribution is 0.270. The van der Waals surface area contributed by atoms with Crippen LogP contribution in [0.25, 0.3) is 10.8 Å². The Morgan fingerprint density at radius 1 is 1.13 bits per heavy atom. The van der Waals surface area contributed by atoms with E-state index in [2.05, 4.69) is 10.3 Å². The Morgan fingerprint density at radius 3 is 2.61 bits per heavy atom. The molecule has 0 radical (unpaired) electrons. The molecule has 1 atom stereocenters. The number of hydrogen-bond donors (Lipinski definition) is 1. The van der Waals surface area contributed by atoms with Crippen LogP contribution in [-0.4, -0.2) is 45.5 Å². The fourth-order valence-electron chi connectivity index (χ4n) is 2.96. The van der Waals surface area contributed by atoms with Crippen molar-refractivity contribution in [3.63, 3.8) is 0 Å². The molecule has 0 spiro atoms. The second-order valence-corrected chi connectivity index (χ2v) is 5.46. The Bertz CT molecular complexity index is 684. The van der Waals surface area contributed by atoms with E-state index < -0.39 is 0 Å². The van der Waals surface area contributed by atoms with Crippen LogP contribution in [0.15, 0.2) is 18.3 Å². The fourth-order valence-corrected chi connectivity index (χ4v) is 2.96. The largest absolute Gasteiger partial charge is 0.493 e. The summed E-state index contributed by atoms with van der Waals surface area (Å²) >= 11 is 0. The first kappa shape index (κ1) is 15.7. The molecule has 1 fully saturated rings. The molecule has 1 N–H and O–H groups in total. The lowest BCUT2D eigenvalue weighted by Gasteiger charge is -2.17. The normalized spacial score (nSPS) is 17.3. The fraction of sp³-hybridized carbons (Fsp3) is 0.471. The highest BCUT2D eigenvalue weighted by molar-refractivity contribution is 5.96. The van der Waals surface area contributed by atoms with Crippen molar-refractivity contribution in [1.29, 1.82) is 0 Å². The van der Waals surface area contributed by atoms with Crippen molar-refractivity contribution in [2.24, 2.45) is 0 Å². The molecule has 0 aliphatic carbocycles. The maximum Gasteiger partial charge on any atom is 0.221 e. The van der Waals surface area contributed by atoms with Gasteiger partial charge in [0.15, 0.2) is 11.5 Å². The van der Waals surface area contributed by atoms with Crippen LogP contribution in [0.3, 0.4) is 0 Å². The topological polar surface area (TPSA) is 61.8 Å². The van der Waals surface area contributed by atoms with Gasteiger partial charge in [-0.2, -0.15) is 0 Å². The summed E-state index contributed by atoms with van der Waals surface area (Å²) in [6, 6.07) is 4.15. The molecule has 1 saturated heterocycles. The summed E-state index contributed by atoms with van der Waals surface area (Å²) in [4.78, 5) is 4.37. The summed E-state index contributed by atoms with van der Waals surface area (Å²) in [7, 11) is 4.80. The van der Waals surface area contributed by atoms with Gasteiger partial charge in [0.1, 0.15) is 6.61 Å². The van der Waals surface area contributed by atoms with Gasteiger partial charge in [-0.15, -0.1) is 0 Å². The second-order valence-electron chi connectivity index (χ2n) is 5.46. The van der Waals surface area contributed by atoms with Gasteiger partial charge in [0.25, 0.3) is 0 Å². The zero-order valence-corrected chi connectivity index (χ0v) is 13.7. The average Bonchev–Trinajstić information content (AvgIpc) is 3.11. The summed E-state index contributed by atoms with van der Waals surface area (Å²) in [6.45, 7) is 1.65. The first-order chi connectivity index (χ1) is 11.3. The summed E-state index contributed by atoms with van der Waals surface area (Å²) in [5.41, 5.74) is 0. The maximum absolute atomic E-state index is 5.95. The molecule has 2 heterocycles. The minimum Gasteiger partial charge on any atom is -0.493 e. The van der Waals surface area contributed by atoms with E-state index >= 15 is 0 Å². The quantitative estimate of drug-likeness (QED) is 0.882. The molecular weight excluding hydrogens is 296 g/mol. The highest BCUT2D eigenvalue weighted by Crippen LogP contribution is 2.45. The van der Waals surface area contributed by atoms with Crippen molar-refractivity contribution in [2.45, 2.75) is 18.9 Å². The minimum absolute atomic E-state index is 0.383. The summed E-state index contributed by atoms with van der Waals surface area (Å²) in [5.74, 6) is 2.36. The molecule has 1 aromatic carbocycles. The Hall–Kier alpha value is -2.21. The smallest absolute Gasteiger partial charge is 0.221 e. The number of ether oxygens (including phenoxy) is 4. The molecule has 124 valence electrons. The number of nitrogens with one attached hydrogen (secondary N) is 1. The molecule has 6 heteroatoms. The monoisotopic (exact) mass is 318 g/mol. The molecule has 0 amide bonds. The molecule has 1 unspecified atom stereocenters. The number of hydrogen-bond acceptors (Lipinski definition) is 6. The summed E-state index contributed by atoms with van der Waals surface area (Å²) < 4.78 is 22.3. The van der Waals surface area contributed by atoms with Crippen LogP contribution in [0.2, 0.25) is 0 Å². The van der Waals surface area contributed by atoms with Gasteiger partial charge in [-0.05, 0) is 31.5 Å². The van der Waals surface area contributed by atoms with Crippen LogP contribution in [0.4, 0.5) is 0 Å². The van der Waals surface area contributed by atoms with Crippen LogP contribution in [0.5, 0.6) is 23.1 Å². The molecule has 1 aliphatic heterocycles. The number of nitrogens with zero attached hydrogens (tertiary/aromatic N) is 1. The van der Waals surface area contributed by atoms with E-state index in [9.17, 15) is 0 Å². The van der Waals surface area contributed by atoms with Crippen molar-refractivity contribution in [1.82, 2.24) is 10.3 Å². The van der Waals surface area contributed by atoms with Gasteiger partial charge in [0.2, 0.25) is 11.6 Å². The Morgan fingerprint density at radius 2 is 1.96 bits per heavy atom. The van der Waals surface area contributed by atoms with Crippen molar-refractivity contribution in [2.75, 3.05) is 34.5 Å². The van der Waals surface area contributed by atoms with Crippen LogP contribution < -0.4 is 24.3 Å². The predicted octanol–water partition coefficient (Wildman–Crippen LogP) is 2.39. The SMILES string of the molecule is COc1cc2c(OCC3CCCN3)nccc2c(OC)c1OC. The molecular formula is C17H22N2O4. The standard InChI is InChI=1S/C17H22N2O4/c1-20-14-9-13-12(15(21-2)16(14)22-3)6-8-19-17(13)23-10-11-5-4-7-18-11/h6,8-9,11,18H,4-5,7,10H2,1-3H3. The van der Waals surface area contributed by atoms with Crippen LogP contribution in [-0.2, 0) is 0 Å². The number of aromatic nitrogens is 1. The highest BCUT2D eigenvalue weighted by Gasteiger charge is 2.20. The summed E-state index contributed by atoms with van der Waals surface area (Å²) in [5, 5.41) is 5.15. The minimum atomic E-state index is 0.383. The molecule has 2 aromatic rings. The number of pyridine rings is 1. The number of methoxy groups -OCH3 is 3. The molecule has 23 heavy (non-hydrogen) atoms. The molecule has 1 aromatic heterocycles. The van der Waals surface area contributed by atoms with Crippen molar-refractivity contribution in [3.05, 3.63) is 18.3 Å². The van der Waals surface area contributed by atoms with Gasteiger partial charge >= 0.3 is 0 Å². The number of fused-ring (bicyclic) bond motifs is 1. The third-order valence-electron chi connectivity index (χ3n) is 4.12. The first-order valence-electron chi connectivity index (χ1n) is 7.72. The van der Waals surface area contributed by atoms with E-state index in [4.69, 9.17) is 18.9 Å². The van der Waals surface area contributed by atoms with E-state index in [1.807, 2.05) is 12.1 Å². The Labute approximate surface area is 135 Å². The third-order valence-corrected chi connectivity index (χ3v) is 4.12. The second kappa shape index (κ2) is 6.91. The molecule has 3 rings (SSSR count). The Balaban J connectivity index is 2.01. The predicted molar refractivity (Wildman–Crippen MR) is 87.9 cm³/mol. The average molecular weight is 318 g/mol. The molecule has 6 nitrogen and oxygen atoms in total. The van der Waals surface area contributed by atoms with Crippen LogP contribution in [0.1, 0.15) is 12.8 Å². The zero-order chi connectivity index (χ0) is 16.2. The van der Waals surface area contributed by atoms with Gasteiger partial charge in [-0.3, -0.25) is 0 Å². The lowest BCUT2D eigenvalue weighted by atomic mass is 10.1. The molecule has 0 saturated carbocycles. The highest BCUT2D eigenvalue weighted by atomic mass is 16.5. The van der Waals surface area contributed by atoms with Crippen molar-refractivity contribution in [3.8, 4) is 23.1 Å². The molecule has 1 aliphatic rings. The molecule has 0 bridgehead atoms. The third kappa shape index (κ3) is 2.99. The van der Waals surface area contributed by atoms with E-state index in [0.717, 1.165) is 23.7 Å². The van der Waals surface area contributed by atoms with Gasteiger partial charge in [-0.25, -0.2) is 4.98 Å². The van der Waals surface area contributed by atoms with Crippen molar-refractivity contribution >= 4 is 10.8 Å². The Kier molecular flexibility index (Phi) is 4.71. The van der Waals surface area contributed by atoms with Crippen LogP contribution >= 0.6 is 0 Å². The maximum atomic E-state index is 5.95. The van der Waals surface area contributed by atoms with Crippen LogP contribution in [0, 0.1) is 0 Å². The lowest BCUT2D eigenvalue weighted by Crippen LogP contribution is -2.28. The van der Waals surface area contributed by atoms with Gasteiger partial charge in [-0.1, -0.05) is 0 Å². The van der Waals surface area contributed by atoms with E-state index in [1.165, 1.54) is 6.42 Å². The van der Waals surface area contributed by atoms with Gasteiger partial charge in [0, 0.05) is 17.6 Å². The van der Waals surface area contributed by atoms with E-state index in [0.29, 0.717) is 35.8 Å². The number of rotatable bonds is 6. The van der Waals surface area contributed by atoms with Crippen molar-refractivity contribution < 1.29 is 18.9 Å². The summed E-state index contributed by atoms with van der Waals surface area (Å²) in [6.07, 6.45) is 4.04. The zero-order valence-electron chi connectivity index (χ0n) is 13.7. The first-order valence-corrected chi connectivity index (χ1v) is 7.72. The van der Waals surface area contributed by atoms with Gasteiger partial charge < -0.3 is 24.3 Å². The number of benzene rings is 1. The van der Waals surface area contributed by atoms with E-state index in [-0.39, 0.29) is 0 Å². The van der Waals surface area contributed by atoms with E-state index in [1.54, 1.807) is 27.5 Å².